The van der Waals surface area contributed by atoms with Crippen LogP contribution in [0.1, 0.15) is 34.1 Å². The minimum Gasteiger partial charge on any atom is -0.377 e. The first-order valence-electron chi connectivity index (χ1n) is 6.35. The molecule has 0 spiro atoms. The van der Waals surface area contributed by atoms with E-state index in [1.54, 1.807) is 0 Å². The molecule has 3 nitrogen and oxygen atoms in total. The summed E-state index contributed by atoms with van der Waals surface area (Å²) in [4.78, 5) is 0. The third kappa shape index (κ3) is 2.90. The second-order valence-corrected chi connectivity index (χ2v) is 8.59. The highest BCUT2D eigenvalue weighted by atomic mass is 31.1. The Hall–Kier alpha value is 0.0500. The summed E-state index contributed by atoms with van der Waals surface area (Å²) in [6.45, 7) is 9.00. The second kappa shape index (κ2) is 4.62. The van der Waals surface area contributed by atoms with Gasteiger partial charge in [0.2, 0.25) is 0 Å². The van der Waals surface area contributed by atoms with Gasteiger partial charge >= 0.3 is 0 Å². The summed E-state index contributed by atoms with van der Waals surface area (Å²) < 4.78 is 5.70. The third-order valence-electron chi connectivity index (χ3n) is 3.72. The Bertz CT molecular complexity index is 321. The van der Waals surface area contributed by atoms with Gasteiger partial charge in [-0.15, -0.1) is 0 Å². The predicted molar refractivity (Wildman–Crippen MR) is 72.0 cm³/mol. The highest BCUT2D eigenvalue weighted by molar-refractivity contribution is 7.65. The first-order valence-corrected chi connectivity index (χ1v) is 8.25. The van der Waals surface area contributed by atoms with E-state index in [0.717, 1.165) is 19.4 Å². The Labute approximate surface area is 106 Å². The molecule has 0 bridgehead atoms. The minimum absolute atomic E-state index is 0.264. The molecule has 0 aromatic heterocycles. The SMILES string of the molecule is CC1(C)C=C(CCOCP2CC2)C(C)(C)N1O. The van der Waals surface area contributed by atoms with Crippen LogP contribution in [-0.4, -0.2) is 46.6 Å². The molecule has 4 heteroatoms. The molecule has 1 fully saturated rings. The van der Waals surface area contributed by atoms with Gasteiger partial charge in [-0.2, -0.15) is 5.06 Å². The van der Waals surface area contributed by atoms with Crippen LogP contribution in [0, 0.1) is 0 Å². The van der Waals surface area contributed by atoms with E-state index in [1.165, 1.54) is 23.0 Å². The number of rotatable bonds is 5. The standard InChI is InChI=1S/C13H24NO2P/c1-12(2)9-11(13(3,4)14(12)15)5-6-16-10-17-7-8-17/h9,15H,5-8,10H2,1-4H3. The quantitative estimate of drug-likeness (QED) is 0.467. The highest BCUT2D eigenvalue weighted by Gasteiger charge is 2.44. The Kier molecular flexibility index (Phi) is 3.66. The van der Waals surface area contributed by atoms with Gasteiger partial charge in [-0.05, 0) is 52.0 Å². The fourth-order valence-electron chi connectivity index (χ4n) is 2.47. The Morgan fingerprint density at radius 2 is 2.00 bits per heavy atom. The minimum atomic E-state index is -0.266. The summed E-state index contributed by atoms with van der Waals surface area (Å²) in [5.41, 5.74) is 0.755. The Balaban J connectivity index is 1.85. The Morgan fingerprint density at radius 1 is 1.35 bits per heavy atom. The second-order valence-electron chi connectivity index (χ2n) is 6.10. The maximum absolute atomic E-state index is 10.2. The molecule has 1 N–H and O–H groups in total. The van der Waals surface area contributed by atoms with Crippen LogP contribution in [0.4, 0.5) is 0 Å². The van der Waals surface area contributed by atoms with Crippen molar-refractivity contribution in [3.05, 3.63) is 11.6 Å². The largest absolute Gasteiger partial charge is 0.377 e. The van der Waals surface area contributed by atoms with E-state index in [0.29, 0.717) is 0 Å². The molecule has 0 amide bonds. The lowest BCUT2D eigenvalue weighted by atomic mass is 9.94. The highest BCUT2D eigenvalue weighted by Crippen LogP contribution is 2.50. The number of hydrogen-bond donors (Lipinski definition) is 1. The van der Waals surface area contributed by atoms with Gasteiger partial charge in [0.15, 0.2) is 0 Å². The van der Waals surface area contributed by atoms with Crippen LogP contribution >= 0.6 is 7.92 Å². The normalized spacial score (nSPS) is 27.2. The molecule has 0 aliphatic carbocycles. The lowest BCUT2D eigenvalue weighted by molar-refractivity contribution is -0.185. The van der Waals surface area contributed by atoms with Crippen molar-refractivity contribution in [2.24, 2.45) is 0 Å². The molecule has 0 aromatic carbocycles. The van der Waals surface area contributed by atoms with Gasteiger partial charge in [0.05, 0.1) is 24.0 Å². The molecule has 2 aliphatic rings. The molecule has 2 rings (SSSR count). The molecule has 0 atom stereocenters. The van der Waals surface area contributed by atoms with E-state index in [9.17, 15) is 5.21 Å². The van der Waals surface area contributed by atoms with E-state index in [-0.39, 0.29) is 19.0 Å². The van der Waals surface area contributed by atoms with E-state index in [4.69, 9.17) is 4.74 Å². The van der Waals surface area contributed by atoms with E-state index < -0.39 is 0 Å². The topological polar surface area (TPSA) is 32.7 Å². The Morgan fingerprint density at radius 3 is 2.47 bits per heavy atom. The molecule has 1 saturated heterocycles. The molecule has 0 aromatic rings. The van der Waals surface area contributed by atoms with Crippen LogP contribution < -0.4 is 0 Å². The molecule has 0 saturated carbocycles. The summed E-state index contributed by atoms with van der Waals surface area (Å²) in [5, 5.41) is 11.6. The van der Waals surface area contributed by atoms with Crippen molar-refractivity contribution in [1.82, 2.24) is 5.06 Å². The average Bonchev–Trinajstić information content (AvgIpc) is 3.02. The first kappa shape index (κ1) is 13.5. The number of nitrogens with zero attached hydrogens (tertiary/aromatic N) is 1. The molecule has 2 heterocycles. The fraction of sp³-hybridized carbons (Fsp3) is 0.846. The lowest BCUT2D eigenvalue weighted by Crippen LogP contribution is -2.47. The smallest absolute Gasteiger partial charge is 0.0659 e. The van der Waals surface area contributed by atoms with Gasteiger partial charge < -0.3 is 9.94 Å². The van der Waals surface area contributed by atoms with Crippen molar-refractivity contribution in [3.8, 4) is 0 Å². The third-order valence-corrected chi connectivity index (χ3v) is 5.35. The number of hydroxylamine groups is 2. The summed E-state index contributed by atoms with van der Waals surface area (Å²) in [5.74, 6) is 0. The van der Waals surface area contributed by atoms with Crippen molar-refractivity contribution < 1.29 is 9.94 Å². The van der Waals surface area contributed by atoms with Crippen LogP contribution in [0.15, 0.2) is 11.6 Å². The fourth-order valence-corrected chi connectivity index (χ4v) is 3.69. The van der Waals surface area contributed by atoms with Crippen molar-refractivity contribution in [3.63, 3.8) is 0 Å². The average molecular weight is 257 g/mol. The molecular weight excluding hydrogens is 233 g/mol. The van der Waals surface area contributed by atoms with Gasteiger partial charge in [0, 0.05) is 0 Å². The molecular formula is C13H24NO2P. The maximum atomic E-state index is 10.2. The van der Waals surface area contributed by atoms with E-state index in [2.05, 4.69) is 19.9 Å². The van der Waals surface area contributed by atoms with E-state index in [1.807, 2.05) is 13.8 Å². The number of hydrogen-bond acceptors (Lipinski definition) is 3. The van der Waals surface area contributed by atoms with Gasteiger partial charge in [-0.3, -0.25) is 0 Å². The maximum Gasteiger partial charge on any atom is 0.0659 e. The van der Waals surface area contributed by atoms with Crippen molar-refractivity contribution in [1.29, 1.82) is 0 Å². The number of ether oxygens (including phenoxy) is 1. The molecule has 98 valence electrons. The van der Waals surface area contributed by atoms with Gasteiger partial charge in [-0.25, -0.2) is 0 Å². The van der Waals surface area contributed by atoms with Crippen LogP contribution in [0.2, 0.25) is 0 Å². The van der Waals surface area contributed by atoms with Gasteiger partial charge in [0.1, 0.15) is 0 Å². The van der Waals surface area contributed by atoms with Crippen LogP contribution in [0.5, 0.6) is 0 Å². The van der Waals surface area contributed by atoms with E-state index >= 15 is 0 Å². The summed E-state index contributed by atoms with van der Waals surface area (Å²) in [7, 11) is 0.273. The summed E-state index contributed by atoms with van der Waals surface area (Å²) >= 11 is 0. The van der Waals surface area contributed by atoms with Crippen molar-refractivity contribution in [2.45, 2.75) is 45.2 Å². The van der Waals surface area contributed by atoms with Crippen molar-refractivity contribution >= 4 is 7.92 Å². The van der Waals surface area contributed by atoms with Crippen LogP contribution in [0.3, 0.4) is 0 Å². The predicted octanol–water partition coefficient (Wildman–Crippen LogP) is 3.03. The zero-order chi connectivity index (χ0) is 12.7. The van der Waals surface area contributed by atoms with Crippen molar-refractivity contribution in [2.75, 3.05) is 25.3 Å². The zero-order valence-corrected chi connectivity index (χ0v) is 12.3. The lowest BCUT2D eigenvalue weighted by Gasteiger charge is -2.36. The molecule has 2 aliphatic heterocycles. The summed E-state index contributed by atoms with van der Waals surface area (Å²) in [6.07, 6.45) is 6.90. The van der Waals surface area contributed by atoms with Gasteiger partial charge in [-0.1, -0.05) is 14.0 Å². The van der Waals surface area contributed by atoms with Crippen LogP contribution in [-0.2, 0) is 4.74 Å². The first-order chi connectivity index (χ1) is 7.84. The summed E-state index contributed by atoms with van der Waals surface area (Å²) in [6, 6.07) is 0. The molecule has 0 radical (unpaired) electrons. The molecule has 17 heavy (non-hydrogen) atoms. The van der Waals surface area contributed by atoms with Gasteiger partial charge in [0.25, 0.3) is 0 Å². The molecule has 0 unspecified atom stereocenters. The van der Waals surface area contributed by atoms with Crippen LogP contribution in [0.25, 0.3) is 0 Å². The monoisotopic (exact) mass is 257 g/mol. The zero-order valence-electron chi connectivity index (χ0n) is 11.4.